The van der Waals surface area contributed by atoms with Crippen LogP contribution in [0.25, 0.3) is 0 Å². The molecular formula is C11H21NO5S. The normalized spacial score (nSPS) is 12.5. The zero-order chi connectivity index (χ0) is 14.6. The van der Waals surface area contributed by atoms with Crippen LogP contribution in [0.3, 0.4) is 0 Å². The van der Waals surface area contributed by atoms with Crippen molar-refractivity contribution < 1.29 is 23.1 Å². The summed E-state index contributed by atoms with van der Waals surface area (Å²) in [4.78, 5) is 22.2. The highest BCUT2D eigenvalue weighted by molar-refractivity contribution is 7.92. The summed E-state index contributed by atoms with van der Waals surface area (Å²) in [6.45, 7) is 6.32. The molecule has 0 aromatic heterocycles. The summed E-state index contributed by atoms with van der Waals surface area (Å²) in [7, 11) is -3.43. The van der Waals surface area contributed by atoms with Crippen LogP contribution in [0.5, 0.6) is 0 Å². The number of nitrogens with one attached hydrogen (secondary N) is 1. The lowest BCUT2D eigenvalue weighted by atomic mass is 9.94. The molecule has 0 rings (SSSR count). The van der Waals surface area contributed by atoms with Gasteiger partial charge in [-0.15, -0.1) is 0 Å². The van der Waals surface area contributed by atoms with Crippen LogP contribution < -0.4 is 5.32 Å². The minimum absolute atomic E-state index is 0.0433. The quantitative estimate of drug-likeness (QED) is 0.697. The predicted molar refractivity (Wildman–Crippen MR) is 67.9 cm³/mol. The topological polar surface area (TPSA) is 101 Å². The number of carboxylic acid groups (broad SMARTS) is 1. The summed E-state index contributed by atoms with van der Waals surface area (Å²) in [5.74, 6) is -2.40. The molecule has 0 heterocycles. The van der Waals surface area contributed by atoms with E-state index in [0.29, 0.717) is 0 Å². The maximum atomic E-state index is 11.5. The maximum absolute atomic E-state index is 11.5. The van der Waals surface area contributed by atoms with Gasteiger partial charge >= 0.3 is 5.97 Å². The number of amides is 1. The van der Waals surface area contributed by atoms with Crippen LogP contribution in [-0.4, -0.2) is 43.5 Å². The van der Waals surface area contributed by atoms with E-state index < -0.39 is 32.9 Å². The minimum atomic E-state index is -3.43. The van der Waals surface area contributed by atoms with Crippen molar-refractivity contribution >= 4 is 21.7 Å². The average molecular weight is 279 g/mol. The number of carboxylic acids is 1. The van der Waals surface area contributed by atoms with Gasteiger partial charge < -0.3 is 10.4 Å². The SMILES string of the molecule is CC(C)CS(=O)(=O)CC(=O)NCC(C)(C)C(=O)O. The highest BCUT2D eigenvalue weighted by atomic mass is 32.2. The lowest BCUT2D eigenvalue weighted by Gasteiger charge is -2.19. The van der Waals surface area contributed by atoms with Crippen LogP contribution in [0, 0.1) is 11.3 Å². The van der Waals surface area contributed by atoms with Gasteiger partial charge in [0.1, 0.15) is 5.75 Å². The number of hydrogen-bond acceptors (Lipinski definition) is 4. The largest absolute Gasteiger partial charge is 0.481 e. The second kappa shape index (κ2) is 6.17. The molecule has 0 aliphatic carbocycles. The van der Waals surface area contributed by atoms with Gasteiger partial charge in [0.25, 0.3) is 0 Å². The third-order valence-electron chi connectivity index (χ3n) is 2.24. The van der Waals surface area contributed by atoms with Crippen LogP contribution in [0.1, 0.15) is 27.7 Å². The maximum Gasteiger partial charge on any atom is 0.310 e. The van der Waals surface area contributed by atoms with E-state index in [-0.39, 0.29) is 18.2 Å². The molecule has 0 atom stereocenters. The molecule has 0 aromatic carbocycles. The highest BCUT2D eigenvalue weighted by Gasteiger charge is 2.28. The first-order valence-electron chi connectivity index (χ1n) is 5.67. The number of carbonyl (C=O) groups excluding carboxylic acids is 1. The standard InChI is InChI=1S/C11H21NO5S/c1-8(2)5-18(16,17)6-9(13)12-7-11(3,4)10(14)15/h8H,5-7H2,1-4H3,(H,12,13)(H,14,15). The molecule has 18 heavy (non-hydrogen) atoms. The van der Waals surface area contributed by atoms with Crippen molar-refractivity contribution in [1.82, 2.24) is 5.32 Å². The summed E-state index contributed by atoms with van der Waals surface area (Å²) < 4.78 is 23.1. The Morgan fingerprint density at radius 2 is 1.78 bits per heavy atom. The fourth-order valence-corrected chi connectivity index (χ4v) is 2.85. The first-order valence-corrected chi connectivity index (χ1v) is 7.49. The molecule has 0 aliphatic heterocycles. The molecule has 0 aromatic rings. The summed E-state index contributed by atoms with van der Waals surface area (Å²) in [6.07, 6.45) is 0. The number of hydrogen-bond donors (Lipinski definition) is 2. The van der Waals surface area contributed by atoms with Crippen LogP contribution in [0.15, 0.2) is 0 Å². The average Bonchev–Trinajstić information content (AvgIpc) is 2.11. The molecule has 0 spiro atoms. The van der Waals surface area contributed by atoms with Gasteiger partial charge in [0, 0.05) is 6.54 Å². The molecule has 0 bridgehead atoms. The second-order valence-corrected chi connectivity index (χ2v) is 7.52. The van der Waals surface area contributed by atoms with E-state index in [4.69, 9.17) is 5.11 Å². The lowest BCUT2D eigenvalue weighted by Crippen LogP contribution is -2.41. The number of carbonyl (C=O) groups is 2. The van der Waals surface area contributed by atoms with Gasteiger partial charge in [0.05, 0.1) is 11.2 Å². The predicted octanol–water partition coefficient (Wildman–Crippen LogP) is 0.284. The highest BCUT2D eigenvalue weighted by Crippen LogP contribution is 2.13. The summed E-state index contributed by atoms with van der Waals surface area (Å²) in [5.41, 5.74) is -1.11. The van der Waals surface area contributed by atoms with E-state index in [2.05, 4.69) is 5.32 Å². The van der Waals surface area contributed by atoms with E-state index in [9.17, 15) is 18.0 Å². The number of sulfone groups is 1. The molecule has 106 valence electrons. The van der Waals surface area contributed by atoms with Gasteiger partial charge in [-0.25, -0.2) is 8.42 Å². The van der Waals surface area contributed by atoms with Crippen molar-refractivity contribution in [2.24, 2.45) is 11.3 Å². The monoisotopic (exact) mass is 279 g/mol. The van der Waals surface area contributed by atoms with E-state index >= 15 is 0 Å². The summed E-state index contributed by atoms with van der Waals surface area (Å²) in [5, 5.41) is 11.2. The Kier molecular flexibility index (Phi) is 5.79. The van der Waals surface area contributed by atoms with Crippen molar-refractivity contribution in [3.63, 3.8) is 0 Å². The molecule has 0 radical (unpaired) electrons. The Hall–Kier alpha value is -1.11. The van der Waals surface area contributed by atoms with Crippen molar-refractivity contribution in [3.8, 4) is 0 Å². The van der Waals surface area contributed by atoms with Gasteiger partial charge in [-0.05, 0) is 19.8 Å². The van der Waals surface area contributed by atoms with Crippen LogP contribution in [0.4, 0.5) is 0 Å². The van der Waals surface area contributed by atoms with Crippen LogP contribution in [0.2, 0.25) is 0 Å². The molecule has 0 fully saturated rings. The van der Waals surface area contributed by atoms with Crippen LogP contribution >= 0.6 is 0 Å². The smallest absolute Gasteiger partial charge is 0.310 e. The third-order valence-corrected chi connectivity index (χ3v) is 4.12. The zero-order valence-electron chi connectivity index (χ0n) is 11.2. The molecule has 0 aliphatic rings. The molecule has 0 saturated heterocycles. The van der Waals surface area contributed by atoms with Gasteiger partial charge in [-0.1, -0.05) is 13.8 Å². The van der Waals surface area contributed by atoms with Crippen LogP contribution in [-0.2, 0) is 19.4 Å². The fourth-order valence-electron chi connectivity index (χ4n) is 1.21. The first kappa shape index (κ1) is 16.9. The Balaban J connectivity index is 4.34. The summed E-state index contributed by atoms with van der Waals surface area (Å²) >= 11 is 0. The first-order chi connectivity index (χ1) is 7.96. The number of rotatable bonds is 7. The Labute approximate surface area is 108 Å². The molecule has 1 amide bonds. The lowest BCUT2D eigenvalue weighted by molar-refractivity contribution is -0.146. The third kappa shape index (κ3) is 6.58. The minimum Gasteiger partial charge on any atom is -0.481 e. The van der Waals surface area contributed by atoms with Crippen molar-refractivity contribution in [1.29, 1.82) is 0 Å². The Bertz CT molecular complexity index is 411. The van der Waals surface area contributed by atoms with E-state index in [1.165, 1.54) is 13.8 Å². The van der Waals surface area contributed by atoms with Gasteiger partial charge in [-0.2, -0.15) is 0 Å². The molecule has 0 saturated carbocycles. The summed E-state index contributed by atoms with van der Waals surface area (Å²) in [6, 6.07) is 0. The van der Waals surface area contributed by atoms with Gasteiger partial charge in [0.2, 0.25) is 5.91 Å². The van der Waals surface area contributed by atoms with E-state index in [0.717, 1.165) is 0 Å². The Morgan fingerprint density at radius 1 is 1.28 bits per heavy atom. The molecule has 0 unspecified atom stereocenters. The van der Waals surface area contributed by atoms with Gasteiger partial charge in [-0.3, -0.25) is 9.59 Å². The molecular weight excluding hydrogens is 258 g/mol. The molecule has 2 N–H and O–H groups in total. The fraction of sp³-hybridized carbons (Fsp3) is 0.818. The molecule has 6 nitrogen and oxygen atoms in total. The number of aliphatic carboxylic acids is 1. The van der Waals surface area contributed by atoms with E-state index in [1.54, 1.807) is 13.8 Å². The van der Waals surface area contributed by atoms with Crippen molar-refractivity contribution in [2.75, 3.05) is 18.1 Å². The van der Waals surface area contributed by atoms with Crippen molar-refractivity contribution in [2.45, 2.75) is 27.7 Å². The van der Waals surface area contributed by atoms with Gasteiger partial charge in [0.15, 0.2) is 9.84 Å². The zero-order valence-corrected chi connectivity index (χ0v) is 12.0. The Morgan fingerprint density at radius 3 is 2.17 bits per heavy atom. The molecule has 7 heteroatoms. The van der Waals surface area contributed by atoms with Crippen molar-refractivity contribution in [3.05, 3.63) is 0 Å². The second-order valence-electron chi connectivity index (χ2n) is 5.41. The van der Waals surface area contributed by atoms with E-state index in [1.807, 2.05) is 0 Å².